The second-order valence-electron chi connectivity index (χ2n) is 6.31. The lowest BCUT2D eigenvalue weighted by Gasteiger charge is -2.10. The summed E-state index contributed by atoms with van der Waals surface area (Å²) in [4.78, 5) is 42.2. The summed E-state index contributed by atoms with van der Waals surface area (Å²) in [6.07, 6.45) is 2.77. The van der Waals surface area contributed by atoms with Crippen LogP contribution in [-0.4, -0.2) is 38.1 Å². The molecule has 2 heterocycles. The number of methoxy groups -OCH3 is 2. The third-order valence-electron chi connectivity index (χ3n) is 4.42. The van der Waals surface area contributed by atoms with E-state index in [-0.39, 0.29) is 31.3 Å². The van der Waals surface area contributed by atoms with Gasteiger partial charge in [0.05, 0.1) is 32.9 Å². The van der Waals surface area contributed by atoms with Crippen molar-refractivity contribution in [1.29, 1.82) is 0 Å². The second-order valence-corrected chi connectivity index (χ2v) is 6.31. The van der Waals surface area contributed by atoms with Crippen LogP contribution in [0.15, 0.2) is 62.4 Å². The molecule has 3 aromatic rings. The van der Waals surface area contributed by atoms with Gasteiger partial charge in [-0.25, -0.2) is 28.1 Å². The van der Waals surface area contributed by atoms with Gasteiger partial charge in [0.2, 0.25) is 11.7 Å². The highest BCUT2D eigenvalue weighted by Gasteiger charge is 2.19. The Labute approximate surface area is 176 Å². The van der Waals surface area contributed by atoms with Crippen molar-refractivity contribution < 1.29 is 14.0 Å². The molecule has 3 rings (SSSR count). The van der Waals surface area contributed by atoms with Gasteiger partial charge in [-0.2, -0.15) is 4.98 Å². The Hall–Kier alpha value is -4.15. The van der Waals surface area contributed by atoms with E-state index in [1.54, 1.807) is 18.2 Å². The van der Waals surface area contributed by atoms with Crippen LogP contribution in [0.3, 0.4) is 0 Å². The van der Waals surface area contributed by atoms with Crippen LogP contribution in [0.25, 0.3) is 11.4 Å². The van der Waals surface area contributed by atoms with Gasteiger partial charge in [-0.05, 0) is 12.1 Å². The minimum Gasteiger partial charge on any atom is -0.497 e. The van der Waals surface area contributed by atoms with Crippen molar-refractivity contribution in [2.45, 2.75) is 19.6 Å². The maximum atomic E-state index is 12.7. The maximum Gasteiger partial charge on any atom is 0.337 e. The minimum atomic E-state index is -0.808. The van der Waals surface area contributed by atoms with Gasteiger partial charge in [0.1, 0.15) is 18.0 Å². The number of rotatable bonds is 9. The molecular weight excluding hydrogens is 406 g/mol. The van der Waals surface area contributed by atoms with Gasteiger partial charge >= 0.3 is 17.1 Å². The molecule has 0 aliphatic heterocycles. The molecule has 0 unspecified atom stereocenters. The van der Waals surface area contributed by atoms with E-state index in [2.05, 4.69) is 23.3 Å². The molecule has 0 radical (unpaired) electrons. The lowest BCUT2D eigenvalue weighted by atomic mass is 10.2. The minimum absolute atomic E-state index is 0.000950. The number of hydrogen-bond donors (Lipinski definition) is 0. The lowest BCUT2D eigenvalue weighted by molar-refractivity contribution is 0.359. The number of ether oxygens (including phenoxy) is 2. The van der Waals surface area contributed by atoms with E-state index in [1.165, 1.54) is 26.4 Å². The summed E-state index contributed by atoms with van der Waals surface area (Å²) in [6, 6.07) is 5.06. The van der Waals surface area contributed by atoms with Gasteiger partial charge in [0.25, 0.3) is 0 Å². The third-order valence-corrected chi connectivity index (χ3v) is 4.42. The molecule has 0 N–H and O–H groups in total. The number of aromatic nitrogens is 5. The van der Waals surface area contributed by atoms with Crippen LogP contribution in [0.5, 0.6) is 11.5 Å². The maximum absolute atomic E-state index is 12.7. The Morgan fingerprint density at radius 3 is 2.13 bits per heavy atom. The summed E-state index contributed by atoms with van der Waals surface area (Å²) in [7, 11) is 3.02. The van der Waals surface area contributed by atoms with Gasteiger partial charge < -0.3 is 14.0 Å². The normalized spacial score (nSPS) is 10.6. The standard InChI is InChI=1S/C20H21N5O6/c1-5-9-23-18(26)24(10-6-2)20(28)25(19(23)27)12-16-21-17(22-31-16)14-8-7-13(29-3)11-15(14)30-4/h5-8,11H,1-2,9-10,12H2,3-4H3. The van der Waals surface area contributed by atoms with E-state index < -0.39 is 17.1 Å². The van der Waals surface area contributed by atoms with Crippen LogP contribution in [0.1, 0.15) is 5.89 Å². The Balaban J connectivity index is 2.05. The summed E-state index contributed by atoms with van der Waals surface area (Å²) in [5.74, 6) is 1.24. The van der Waals surface area contributed by atoms with Gasteiger partial charge in [0.15, 0.2) is 0 Å². The SMILES string of the molecule is C=CCn1c(=O)n(CC=C)c(=O)n(Cc2nc(-c3ccc(OC)cc3OC)no2)c1=O. The van der Waals surface area contributed by atoms with Crippen molar-refractivity contribution in [2.24, 2.45) is 0 Å². The van der Waals surface area contributed by atoms with E-state index in [4.69, 9.17) is 14.0 Å². The van der Waals surface area contributed by atoms with E-state index in [1.807, 2.05) is 0 Å². The first kappa shape index (κ1) is 21.6. The molecule has 0 atom stereocenters. The molecule has 11 nitrogen and oxygen atoms in total. The smallest absolute Gasteiger partial charge is 0.337 e. The number of hydrogen-bond acceptors (Lipinski definition) is 8. The Bertz CT molecular complexity index is 1250. The first-order chi connectivity index (χ1) is 14.9. The van der Waals surface area contributed by atoms with Crippen molar-refractivity contribution in [3.05, 3.63) is 80.9 Å². The predicted octanol–water partition coefficient (Wildman–Crippen LogP) is 0.659. The summed E-state index contributed by atoms with van der Waals surface area (Å²) in [5.41, 5.74) is -1.83. The topological polar surface area (TPSA) is 123 Å². The molecule has 31 heavy (non-hydrogen) atoms. The van der Waals surface area contributed by atoms with E-state index >= 15 is 0 Å². The summed E-state index contributed by atoms with van der Waals surface area (Å²) < 4.78 is 18.4. The largest absolute Gasteiger partial charge is 0.497 e. The first-order valence-electron chi connectivity index (χ1n) is 9.16. The zero-order chi connectivity index (χ0) is 22.5. The van der Waals surface area contributed by atoms with Crippen LogP contribution in [0.2, 0.25) is 0 Å². The molecule has 0 bridgehead atoms. The molecule has 1 aromatic carbocycles. The van der Waals surface area contributed by atoms with Crippen molar-refractivity contribution in [2.75, 3.05) is 14.2 Å². The Morgan fingerprint density at radius 2 is 1.58 bits per heavy atom. The fourth-order valence-electron chi connectivity index (χ4n) is 2.94. The molecule has 0 aliphatic rings. The number of allylic oxidation sites excluding steroid dienone is 2. The van der Waals surface area contributed by atoms with E-state index in [0.717, 1.165) is 13.7 Å². The van der Waals surface area contributed by atoms with E-state index in [0.29, 0.717) is 17.1 Å². The van der Waals surface area contributed by atoms with Crippen LogP contribution in [-0.2, 0) is 19.6 Å². The second kappa shape index (κ2) is 9.11. The quantitative estimate of drug-likeness (QED) is 0.456. The van der Waals surface area contributed by atoms with Crippen molar-refractivity contribution >= 4 is 0 Å². The molecule has 2 aromatic heterocycles. The van der Waals surface area contributed by atoms with Crippen molar-refractivity contribution in [3.8, 4) is 22.9 Å². The van der Waals surface area contributed by atoms with Gasteiger partial charge in [0, 0.05) is 6.07 Å². The van der Waals surface area contributed by atoms with Crippen molar-refractivity contribution in [3.63, 3.8) is 0 Å². The van der Waals surface area contributed by atoms with Crippen LogP contribution in [0.4, 0.5) is 0 Å². The number of benzene rings is 1. The molecule has 0 fully saturated rings. The summed E-state index contributed by atoms with van der Waals surface area (Å²) in [5, 5.41) is 3.91. The van der Waals surface area contributed by atoms with E-state index in [9.17, 15) is 14.4 Å². The fraction of sp³-hybridized carbons (Fsp3) is 0.250. The van der Waals surface area contributed by atoms with Crippen LogP contribution >= 0.6 is 0 Å². The highest BCUT2D eigenvalue weighted by Crippen LogP contribution is 2.31. The zero-order valence-corrected chi connectivity index (χ0v) is 17.1. The Kier molecular flexibility index (Phi) is 6.34. The van der Waals surface area contributed by atoms with Crippen LogP contribution < -0.4 is 26.5 Å². The highest BCUT2D eigenvalue weighted by molar-refractivity contribution is 5.65. The fourth-order valence-corrected chi connectivity index (χ4v) is 2.94. The monoisotopic (exact) mass is 427 g/mol. The zero-order valence-electron chi connectivity index (χ0n) is 17.1. The Morgan fingerprint density at radius 1 is 0.968 bits per heavy atom. The molecule has 11 heteroatoms. The molecular formula is C20H21N5O6. The van der Waals surface area contributed by atoms with Crippen LogP contribution in [0, 0.1) is 0 Å². The van der Waals surface area contributed by atoms with Gasteiger partial charge in [-0.3, -0.25) is 0 Å². The molecule has 0 amide bonds. The van der Waals surface area contributed by atoms with Gasteiger partial charge in [-0.15, -0.1) is 13.2 Å². The third kappa shape index (κ3) is 4.10. The average molecular weight is 427 g/mol. The molecule has 162 valence electrons. The average Bonchev–Trinajstić information content (AvgIpc) is 3.25. The summed E-state index contributed by atoms with van der Waals surface area (Å²) in [6.45, 7) is 6.63. The molecule has 0 saturated carbocycles. The lowest BCUT2D eigenvalue weighted by Crippen LogP contribution is -2.54. The molecule has 0 aliphatic carbocycles. The molecule has 0 spiro atoms. The highest BCUT2D eigenvalue weighted by atomic mass is 16.5. The number of nitrogens with zero attached hydrogens (tertiary/aromatic N) is 5. The van der Waals surface area contributed by atoms with Crippen molar-refractivity contribution in [1.82, 2.24) is 23.8 Å². The predicted molar refractivity (Wildman–Crippen MR) is 112 cm³/mol. The molecule has 0 saturated heterocycles. The summed E-state index contributed by atoms with van der Waals surface area (Å²) >= 11 is 0. The first-order valence-corrected chi connectivity index (χ1v) is 9.16. The van der Waals surface area contributed by atoms with Gasteiger partial charge in [-0.1, -0.05) is 17.3 Å².